The molecular weight excluding hydrogens is 300 g/mol. The van der Waals surface area contributed by atoms with E-state index in [9.17, 15) is 10.1 Å². The Morgan fingerprint density at radius 2 is 1.92 bits per heavy atom. The fourth-order valence-electron chi connectivity index (χ4n) is 3.21. The van der Waals surface area contributed by atoms with Gasteiger partial charge in [-0.15, -0.1) is 0 Å². The molecule has 0 heterocycles. The minimum Gasteiger partial charge on any atom is -0.468 e. The first-order valence-electron chi connectivity index (χ1n) is 7.45. The molecule has 0 aliphatic heterocycles. The molecule has 4 nitrogen and oxygen atoms in total. The van der Waals surface area contributed by atoms with Crippen LogP contribution in [0.15, 0.2) is 66.3 Å². The minimum atomic E-state index is -1.43. The largest absolute Gasteiger partial charge is 0.468 e. The topological polar surface area (TPSA) is 73.9 Å². The van der Waals surface area contributed by atoms with Gasteiger partial charge in [-0.3, -0.25) is 0 Å². The Kier molecular flexibility index (Phi) is 3.90. The number of benzene rings is 1. The maximum Gasteiger partial charge on any atom is 0.331 e. The number of allylic oxidation sites excluding steroid dienone is 7. The Morgan fingerprint density at radius 1 is 1.17 bits per heavy atom. The highest BCUT2D eigenvalue weighted by Gasteiger charge is 2.54. The fraction of sp³-hybridized carbons (Fsp3) is 0.150. The van der Waals surface area contributed by atoms with E-state index in [0.717, 1.165) is 11.1 Å². The van der Waals surface area contributed by atoms with Crippen LogP contribution in [0.4, 0.5) is 0 Å². The normalized spacial score (nSPS) is 24.0. The van der Waals surface area contributed by atoms with Crippen molar-refractivity contribution in [1.29, 1.82) is 10.5 Å². The Morgan fingerprint density at radius 3 is 2.54 bits per heavy atom. The minimum absolute atomic E-state index is 0.407. The number of nitrogens with zero attached hydrogens (tertiary/aromatic N) is 2. The van der Waals surface area contributed by atoms with Gasteiger partial charge in [-0.2, -0.15) is 10.5 Å². The van der Waals surface area contributed by atoms with Crippen LogP contribution in [-0.2, 0) is 9.53 Å². The molecule has 0 N–H and O–H groups in total. The third-order valence-corrected chi connectivity index (χ3v) is 4.38. The number of rotatable bonds is 2. The van der Waals surface area contributed by atoms with E-state index in [2.05, 4.69) is 12.1 Å². The van der Waals surface area contributed by atoms with Crippen LogP contribution >= 0.6 is 0 Å². The first-order chi connectivity index (χ1) is 11.7. The van der Waals surface area contributed by atoms with Gasteiger partial charge >= 0.3 is 5.97 Å². The number of hydrogen-bond donors (Lipinski definition) is 0. The summed E-state index contributed by atoms with van der Waals surface area (Å²) >= 11 is 0. The van der Waals surface area contributed by atoms with Gasteiger partial charge in [0.25, 0.3) is 0 Å². The van der Waals surface area contributed by atoms with Crippen molar-refractivity contribution in [1.82, 2.24) is 0 Å². The summed E-state index contributed by atoms with van der Waals surface area (Å²) in [4.78, 5) is 12.6. The van der Waals surface area contributed by atoms with Gasteiger partial charge in [0, 0.05) is 5.92 Å². The van der Waals surface area contributed by atoms with E-state index in [-0.39, 0.29) is 0 Å². The number of fused-ring (bicyclic) bond motifs is 1. The monoisotopic (exact) mass is 314 g/mol. The molecule has 0 saturated carbocycles. The van der Waals surface area contributed by atoms with Gasteiger partial charge in [-0.05, 0) is 28.8 Å². The highest BCUT2D eigenvalue weighted by molar-refractivity contribution is 6.00. The predicted molar refractivity (Wildman–Crippen MR) is 89.0 cm³/mol. The standard InChI is InChI=1S/C20H14N2O2/c1-24-19(23)20(13-22)17-6-4-2-3-5-16(17)11-18(20)15-9-7-14(12-21)8-10-15/h2-11,17H,1H3. The molecule has 0 fully saturated rings. The second-order valence-corrected chi connectivity index (χ2v) is 5.57. The number of carbonyl (C=O) groups is 1. The average Bonchev–Trinajstić information content (AvgIpc) is 2.77. The second-order valence-electron chi connectivity index (χ2n) is 5.57. The summed E-state index contributed by atoms with van der Waals surface area (Å²) in [5.74, 6) is -0.990. The molecule has 4 heteroatoms. The van der Waals surface area contributed by atoms with E-state index in [0.29, 0.717) is 11.1 Å². The van der Waals surface area contributed by atoms with Crippen molar-refractivity contribution in [2.75, 3.05) is 7.11 Å². The van der Waals surface area contributed by atoms with E-state index >= 15 is 0 Å². The average molecular weight is 314 g/mol. The van der Waals surface area contributed by atoms with Crippen LogP contribution in [0.3, 0.4) is 0 Å². The van der Waals surface area contributed by atoms with E-state index in [1.807, 2.05) is 36.5 Å². The highest BCUT2D eigenvalue weighted by atomic mass is 16.5. The van der Waals surface area contributed by atoms with E-state index < -0.39 is 17.3 Å². The molecule has 0 bridgehead atoms. The molecular formula is C20H14N2O2. The number of esters is 1. The van der Waals surface area contributed by atoms with E-state index in [4.69, 9.17) is 10.00 Å². The second kappa shape index (κ2) is 6.02. The van der Waals surface area contributed by atoms with Crippen LogP contribution in [0.25, 0.3) is 5.57 Å². The van der Waals surface area contributed by atoms with Crippen LogP contribution in [0.5, 0.6) is 0 Å². The van der Waals surface area contributed by atoms with Gasteiger partial charge in [0.1, 0.15) is 0 Å². The Labute approximate surface area is 140 Å². The Hall–Kier alpha value is -3.37. The number of hydrogen-bond acceptors (Lipinski definition) is 4. The zero-order chi connectivity index (χ0) is 17.2. The number of ether oxygens (including phenoxy) is 1. The summed E-state index contributed by atoms with van der Waals surface area (Å²) < 4.78 is 4.98. The fourth-order valence-corrected chi connectivity index (χ4v) is 3.21. The maximum atomic E-state index is 12.6. The Balaban J connectivity index is 2.22. The third-order valence-electron chi connectivity index (χ3n) is 4.38. The van der Waals surface area contributed by atoms with E-state index in [1.54, 1.807) is 24.3 Å². The highest BCUT2D eigenvalue weighted by Crippen LogP contribution is 2.52. The van der Waals surface area contributed by atoms with Crippen molar-refractivity contribution in [2.45, 2.75) is 0 Å². The molecule has 1 aromatic carbocycles. The van der Waals surface area contributed by atoms with Crippen LogP contribution in [0.1, 0.15) is 11.1 Å². The molecule has 0 spiro atoms. The van der Waals surface area contributed by atoms with Crippen molar-refractivity contribution in [3.8, 4) is 12.1 Å². The molecule has 0 amide bonds. The number of nitriles is 2. The number of carbonyl (C=O) groups excluding carboxylic acids is 1. The van der Waals surface area contributed by atoms with Crippen molar-refractivity contribution < 1.29 is 9.53 Å². The molecule has 1 aromatic rings. The van der Waals surface area contributed by atoms with Gasteiger partial charge in [-0.25, -0.2) is 4.79 Å². The first kappa shape index (κ1) is 15.5. The Bertz CT molecular complexity index is 889. The zero-order valence-corrected chi connectivity index (χ0v) is 13.1. The van der Waals surface area contributed by atoms with E-state index in [1.165, 1.54) is 7.11 Å². The molecule has 2 aliphatic carbocycles. The summed E-state index contributed by atoms with van der Waals surface area (Å²) in [6.07, 6.45) is 11.2. The van der Waals surface area contributed by atoms with Crippen molar-refractivity contribution in [3.63, 3.8) is 0 Å². The molecule has 24 heavy (non-hydrogen) atoms. The molecule has 2 atom stereocenters. The summed E-state index contributed by atoms with van der Waals surface area (Å²) in [7, 11) is 1.29. The van der Waals surface area contributed by atoms with Gasteiger partial charge in [0.2, 0.25) is 0 Å². The van der Waals surface area contributed by atoms with Crippen LogP contribution in [-0.4, -0.2) is 13.1 Å². The summed E-state index contributed by atoms with van der Waals surface area (Å²) in [5.41, 5.74) is 1.29. The summed E-state index contributed by atoms with van der Waals surface area (Å²) in [5, 5.41) is 18.9. The third kappa shape index (κ3) is 2.17. The van der Waals surface area contributed by atoms with Gasteiger partial charge < -0.3 is 4.74 Å². The summed E-state index contributed by atoms with van der Waals surface area (Å²) in [6, 6.07) is 11.1. The molecule has 0 aromatic heterocycles. The summed E-state index contributed by atoms with van der Waals surface area (Å²) in [6.45, 7) is 0. The number of methoxy groups -OCH3 is 1. The molecule has 0 saturated heterocycles. The molecule has 0 radical (unpaired) electrons. The predicted octanol–water partition coefficient (Wildman–Crippen LogP) is 3.31. The molecule has 3 rings (SSSR count). The lowest BCUT2D eigenvalue weighted by atomic mass is 9.71. The molecule has 2 aliphatic rings. The van der Waals surface area contributed by atoms with Crippen LogP contribution in [0, 0.1) is 34.0 Å². The first-order valence-corrected chi connectivity index (χ1v) is 7.45. The smallest absolute Gasteiger partial charge is 0.331 e. The van der Waals surface area contributed by atoms with Gasteiger partial charge in [0.15, 0.2) is 5.41 Å². The van der Waals surface area contributed by atoms with Crippen LogP contribution < -0.4 is 0 Å². The maximum absolute atomic E-state index is 12.6. The van der Waals surface area contributed by atoms with Gasteiger partial charge in [-0.1, -0.05) is 48.6 Å². The van der Waals surface area contributed by atoms with Crippen molar-refractivity contribution in [2.24, 2.45) is 11.3 Å². The molecule has 116 valence electrons. The zero-order valence-electron chi connectivity index (χ0n) is 13.1. The quantitative estimate of drug-likeness (QED) is 0.785. The van der Waals surface area contributed by atoms with Crippen molar-refractivity contribution in [3.05, 3.63) is 77.4 Å². The van der Waals surface area contributed by atoms with Crippen LogP contribution in [0.2, 0.25) is 0 Å². The molecule has 2 unspecified atom stereocenters. The SMILES string of the molecule is COC(=O)C1(C#N)C(c2ccc(C#N)cc2)=CC2=CC=CC=CC21. The van der Waals surface area contributed by atoms with Gasteiger partial charge in [0.05, 0.1) is 24.8 Å². The van der Waals surface area contributed by atoms with Crippen molar-refractivity contribution >= 4 is 11.5 Å². The lowest BCUT2D eigenvalue weighted by Gasteiger charge is -2.27. The lowest BCUT2D eigenvalue weighted by Crippen LogP contribution is -2.36. The lowest BCUT2D eigenvalue weighted by molar-refractivity contribution is -0.147.